The van der Waals surface area contributed by atoms with Crippen molar-refractivity contribution in [3.8, 4) is 5.75 Å². The summed E-state index contributed by atoms with van der Waals surface area (Å²) in [6.07, 6.45) is 0. The van der Waals surface area contributed by atoms with Crippen LogP contribution in [0.1, 0.15) is 6.92 Å². The van der Waals surface area contributed by atoms with Crippen LogP contribution in [0.4, 0.5) is 5.69 Å². The first-order chi connectivity index (χ1) is 9.70. The molecule has 1 heterocycles. The van der Waals surface area contributed by atoms with Crippen molar-refractivity contribution < 1.29 is 14.3 Å². The molecule has 108 valence electrons. The summed E-state index contributed by atoms with van der Waals surface area (Å²) in [4.78, 5) is 12.1. The van der Waals surface area contributed by atoms with Gasteiger partial charge in [-0.05, 0) is 24.6 Å². The van der Waals surface area contributed by atoms with Crippen LogP contribution in [0.5, 0.6) is 5.75 Å². The van der Waals surface area contributed by atoms with Crippen molar-refractivity contribution in [1.82, 2.24) is 5.32 Å². The Kier molecular flexibility index (Phi) is 5.15. The van der Waals surface area contributed by atoms with E-state index in [1.807, 2.05) is 31.2 Å². The second-order valence-corrected chi connectivity index (χ2v) is 4.66. The highest BCUT2D eigenvalue weighted by molar-refractivity contribution is 6.04. The minimum Gasteiger partial charge on any atom is -0.491 e. The summed E-state index contributed by atoms with van der Waals surface area (Å²) in [6.45, 7) is 4.49. The Morgan fingerprint density at radius 3 is 2.80 bits per heavy atom. The molecular weight excluding hydrogens is 256 g/mol. The minimum absolute atomic E-state index is 0.0597. The molecule has 1 aromatic carbocycles. The van der Waals surface area contributed by atoms with Gasteiger partial charge in [0.25, 0.3) is 5.91 Å². The average Bonchev–Trinajstić information content (AvgIpc) is 2.37. The van der Waals surface area contributed by atoms with Crippen molar-refractivity contribution in [2.24, 2.45) is 0 Å². The molecule has 0 spiro atoms. The van der Waals surface area contributed by atoms with E-state index >= 15 is 0 Å². The maximum absolute atomic E-state index is 12.1. The largest absolute Gasteiger partial charge is 0.491 e. The van der Waals surface area contributed by atoms with Gasteiger partial charge >= 0.3 is 0 Å². The molecule has 1 aliphatic heterocycles. The number of ether oxygens (including phenoxy) is 2. The van der Waals surface area contributed by atoms with Crippen LogP contribution in [0.2, 0.25) is 0 Å². The Morgan fingerprint density at radius 1 is 1.35 bits per heavy atom. The number of benzene rings is 1. The summed E-state index contributed by atoms with van der Waals surface area (Å²) in [6, 6.07) is 7.36. The summed E-state index contributed by atoms with van der Waals surface area (Å²) in [5.41, 5.74) is 2.68. The predicted octanol–water partition coefficient (Wildman–Crippen LogP) is 1.57. The van der Waals surface area contributed by atoms with Crippen LogP contribution < -0.4 is 15.4 Å². The molecule has 1 saturated heterocycles. The van der Waals surface area contributed by atoms with Gasteiger partial charge in [0.15, 0.2) is 0 Å². The zero-order valence-electron chi connectivity index (χ0n) is 11.9. The third kappa shape index (κ3) is 3.82. The van der Waals surface area contributed by atoms with E-state index in [4.69, 9.17) is 9.47 Å². The van der Waals surface area contributed by atoms with Crippen molar-refractivity contribution in [2.45, 2.75) is 6.92 Å². The van der Waals surface area contributed by atoms with E-state index in [2.05, 4.69) is 10.6 Å². The van der Waals surface area contributed by atoms with E-state index < -0.39 is 0 Å². The number of nitrogens with one attached hydrogen (secondary N) is 2. The van der Waals surface area contributed by atoms with Gasteiger partial charge in [-0.1, -0.05) is 6.07 Å². The second-order valence-electron chi connectivity index (χ2n) is 4.66. The van der Waals surface area contributed by atoms with Gasteiger partial charge in [0, 0.05) is 37.5 Å². The number of carbonyl (C=O) groups excluding carboxylic acids is 1. The van der Waals surface area contributed by atoms with Crippen molar-refractivity contribution in [3.05, 3.63) is 35.4 Å². The standard InChI is InChI=1S/C15H20N2O3/c1-11(12-9-16-10-12)15(18)17-13-4-3-5-14(8-13)20-7-6-19-2/h3-5,8,16H,6-7,9-10H2,1-2H3,(H,17,18). The Morgan fingerprint density at radius 2 is 2.15 bits per heavy atom. The van der Waals surface area contributed by atoms with Gasteiger partial charge < -0.3 is 20.1 Å². The van der Waals surface area contributed by atoms with Gasteiger partial charge in [-0.25, -0.2) is 0 Å². The lowest BCUT2D eigenvalue weighted by Gasteiger charge is -2.21. The van der Waals surface area contributed by atoms with Crippen LogP contribution in [-0.2, 0) is 9.53 Å². The van der Waals surface area contributed by atoms with Crippen molar-refractivity contribution >= 4 is 11.6 Å². The Balaban J connectivity index is 1.95. The maximum atomic E-state index is 12.1. The summed E-state index contributed by atoms with van der Waals surface area (Å²) in [5.74, 6) is 0.658. The molecule has 2 N–H and O–H groups in total. The lowest BCUT2D eigenvalue weighted by atomic mass is 10.0. The van der Waals surface area contributed by atoms with Crippen molar-refractivity contribution in [1.29, 1.82) is 0 Å². The minimum atomic E-state index is -0.0597. The number of hydrogen-bond acceptors (Lipinski definition) is 4. The van der Waals surface area contributed by atoms with Crippen LogP contribution in [0.15, 0.2) is 35.4 Å². The molecular formula is C15H20N2O3. The lowest BCUT2D eigenvalue weighted by Crippen LogP contribution is -2.36. The van der Waals surface area contributed by atoms with E-state index in [0.29, 0.717) is 13.2 Å². The molecule has 1 fully saturated rings. The molecule has 0 bridgehead atoms. The smallest absolute Gasteiger partial charge is 0.251 e. The molecule has 1 amide bonds. The third-order valence-electron chi connectivity index (χ3n) is 3.20. The predicted molar refractivity (Wildman–Crippen MR) is 78.0 cm³/mol. The normalized spacial score (nSPS) is 13.6. The van der Waals surface area contributed by atoms with E-state index in [9.17, 15) is 4.79 Å². The quantitative estimate of drug-likeness (QED) is 0.611. The fraction of sp³-hybridized carbons (Fsp3) is 0.400. The Bertz CT molecular complexity index is 506. The third-order valence-corrected chi connectivity index (χ3v) is 3.20. The fourth-order valence-electron chi connectivity index (χ4n) is 1.81. The topological polar surface area (TPSA) is 59.6 Å². The van der Waals surface area contributed by atoms with Gasteiger partial charge in [-0.3, -0.25) is 4.79 Å². The highest BCUT2D eigenvalue weighted by atomic mass is 16.5. The Labute approximate surface area is 119 Å². The molecule has 20 heavy (non-hydrogen) atoms. The molecule has 0 unspecified atom stereocenters. The molecule has 0 aliphatic carbocycles. The van der Waals surface area contributed by atoms with E-state index in [1.54, 1.807) is 7.11 Å². The van der Waals surface area contributed by atoms with Crippen LogP contribution in [0.25, 0.3) is 0 Å². The van der Waals surface area contributed by atoms with Crippen molar-refractivity contribution in [2.75, 3.05) is 38.7 Å². The number of rotatable bonds is 6. The number of anilines is 1. The van der Waals surface area contributed by atoms with Gasteiger partial charge in [-0.2, -0.15) is 0 Å². The maximum Gasteiger partial charge on any atom is 0.251 e. The van der Waals surface area contributed by atoms with Crippen LogP contribution in [0, 0.1) is 0 Å². The van der Waals surface area contributed by atoms with Crippen LogP contribution in [-0.4, -0.2) is 39.3 Å². The van der Waals surface area contributed by atoms with E-state index in [1.165, 1.54) is 0 Å². The molecule has 2 rings (SSSR count). The lowest BCUT2D eigenvalue weighted by molar-refractivity contribution is -0.112. The Hall–Kier alpha value is -1.85. The van der Waals surface area contributed by atoms with E-state index in [0.717, 1.165) is 35.7 Å². The van der Waals surface area contributed by atoms with Crippen LogP contribution in [0.3, 0.4) is 0 Å². The molecule has 1 aromatic rings. The number of methoxy groups -OCH3 is 1. The van der Waals surface area contributed by atoms with Gasteiger partial charge in [0.05, 0.1) is 6.61 Å². The van der Waals surface area contributed by atoms with Gasteiger partial charge in [-0.15, -0.1) is 0 Å². The fourth-order valence-corrected chi connectivity index (χ4v) is 1.81. The summed E-state index contributed by atoms with van der Waals surface area (Å²) < 4.78 is 10.4. The molecule has 0 atom stereocenters. The summed E-state index contributed by atoms with van der Waals surface area (Å²) >= 11 is 0. The highest BCUT2D eigenvalue weighted by Crippen LogP contribution is 2.19. The molecule has 0 radical (unpaired) electrons. The van der Waals surface area contributed by atoms with Crippen LogP contribution >= 0.6 is 0 Å². The first-order valence-corrected chi connectivity index (χ1v) is 6.63. The molecule has 5 heteroatoms. The first-order valence-electron chi connectivity index (χ1n) is 6.63. The first kappa shape index (κ1) is 14.6. The molecule has 0 aromatic heterocycles. The SMILES string of the molecule is COCCOc1cccc(NC(=O)C(C)=C2CNC2)c1. The zero-order valence-corrected chi connectivity index (χ0v) is 11.9. The molecule has 1 aliphatic rings. The molecule has 0 saturated carbocycles. The summed E-state index contributed by atoms with van der Waals surface area (Å²) in [5, 5.41) is 6.01. The average molecular weight is 276 g/mol. The number of hydrogen-bond donors (Lipinski definition) is 2. The molecule has 5 nitrogen and oxygen atoms in total. The van der Waals surface area contributed by atoms with Gasteiger partial charge in [0.2, 0.25) is 0 Å². The second kappa shape index (κ2) is 7.07. The summed E-state index contributed by atoms with van der Waals surface area (Å²) in [7, 11) is 1.63. The highest BCUT2D eigenvalue weighted by Gasteiger charge is 2.16. The van der Waals surface area contributed by atoms with Crippen molar-refractivity contribution in [3.63, 3.8) is 0 Å². The number of amides is 1. The zero-order chi connectivity index (χ0) is 14.4. The monoisotopic (exact) mass is 276 g/mol. The van der Waals surface area contributed by atoms with Gasteiger partial charge in [0.1, 0.15) is 12.4 Å². The van der Waals surface area contributed by atoms with E-state index in [-0.39, 0.29) is 5.91 Å². The number of carbonyl (C=O) groups is 1.